The summed E-state index contributed by atoms with van der Waals surface area (Å²) in [5.74, 6) is 1.83. The molecule has 0 aliphatic rings. The van der Waals surface area contributed by atoms with E-state index in [4.69, 9.17) is 25.7 Å². The summed E-state index contributed by atoms with van der Waals surface area (Å²) in [5.41, 5.74) is 12.2. The molecule has 1 aromatic carbocycles. The molecule has 0 amide bonds. The lowest BCUT2D eigenvalue weighted by Crippen LogP contribution is -2.22. The number of hydrogen-bond acceptors (Lipinski definition) is 5. The summed E-state index contributed by atoms with van der Waals surface area (Å²) in [5, 5.41) is 0. The van der Waals surface area contributed by atoms with Crippen molar-refractivity contribution in [3.05, 3.63) is 17.7 Å². The molecule has 0 aromatic heterocycles. The summed E-state index contributed by atoms with van der Waals surface area (Å²) >= 11 is 0. The molecule has 0 heterocycles. The molecule has 0 unspecified atom stereocenters. The van der Waals surface area contributed by atoms with Gasteiger partial charge in [-0.15, -0.1) is 0 Å². The summed E-state index contributed by atoms with van der Waals surface area (Å²) in [6.45, 7) is 0.305. The van der Waals surface area contributed by atoms with Crippen LogP contribution in [0.15, 0.2) is 12.1 Å². The van der Waals surface area contributed by atoms with Gasteiger partial charge in [-0.05, 0) is 12.1 Å². The van der Waals surface area contributed by atoms with Gasteiger partial charge < -0.3 is 25.7 Å². The van der Waals surface area contributed by atoms with Gasteiger partial charge in [-0.2, -0.15) is 0 Å². The fourth-order valence-corrected chi connectivity index (χ4v) is 1.58. The standard InChI is InChI=1S/C11H18N2O3/c1-14-8-4-5-9(15-2)11(16-3)10(8)7(13)6-12/h4-5,7H,6,12-13H2,1-3H3/t7-/m1/s1. The van der Waals surface area contributed by atoms with Crippen LogP contribution >= 0.6 is 0 Å². The van der Waals surface area contributed by atoms with Crippen LogP contribution in [0.3, 0.4) is 0 Å². The third-order valence-corrected chi connectivity index (χ3v) is 2.39. The van der Waals surface area contributed by atoms with E-state index in [0.717, 1.165) is 5.56 Å². The minimum absolute atomic E-state index is 0.305. The quantitative estimate of drug-likeness (QED) is 0.771. The Morgan fingerprint density at radius 2 is 1.62 bits per heavy atom. The predicted molar refractivity (Wildman–Crippen MR) is 62.1 cm³/mol. The highest BCUT2D eigenvalue weighted by Crippen LogP contribution is 2.40. The van der Waals surface area contributed by atoms with Crippen LogP contribution in [0.5, 0.6) is 17.2 Å². The zero-order valence-electron chi connectivity index (χ0n) is 9.82. The zero-order valence-corrected chi connectivity index (χ0v) is 9.82. The predicted octanol–water partition coefficient (Wildman–Crippen LogP) is 0.671. The Balaban J connectivity index is 3.36. The zero-order chi connectivity index (χ0) is 12.1. The number of methoxy groups -OCH3 is 3. The van der Waals surface area contributed by atoms with Crippen LogP contribution in [0.4, 0.5) is 0 Å². The molecular formula is C11H18N2O3. The van der Waals surface area contributed by atoms with Gasteiger partial charge in [-0.25, -0.2) is 0 Å². The van der Waals surface area contributed by atoms with Crippen molar-refractivity contribution in [1.29, 1.82) is 0 Å². The van der Waals surface area contributed by atoms with Crippen molar-refractivity contribution in [1.82, 2.24) is 0 Å². The molecule has 0 fully saturated rings. The minimum Gasteiger partial charge on any atom is -0.496 e. The molecule has 5 heteroatoms. The number of rotatable bonds is 5. The molecule has 0 aliphatic carbocycles. The second-order valence-corrected chi connectivity index (χ2v) is 3.26. The summed E-state index contributed by atoms with van der Waals surface area (Å²) in [6, 6.07) is 3.20. The van der Waals surface area contributed by atoms with Gasteiger partial charge in [0.1, 0.15) is 5.75 Å². The maximum absolute atomic E-state index is 5.93. The van der Waals surface area contributed by atoms with Crippen molar-refractivity contribution >= 4 is 0 Å². The van der Waals surface area contributed by atoms with Gasteiger partial charge in [0.05, 0.1) is 26.9 Å². The molecule has 90 valence electrons. The maximum Gasteiger partial charge on any atom is 0.169 e. The lowest BCUT2D eigenvalue weighted by molar-refractivity contribution is 0.340. The Bertz CT molecular complexity index is 355. The van der Waals surface area contributed by atoms with E-state index in [9.17, 15) is 0 Å². The van der Waals surface area contributed by atoms with Crippen LogP contribution in [0.25, 0.3) is 0 Å². The molecule has 1 aromatic rings. The molecule has 0 bridgehead atoms. The van der Waals surface area contributed by atoms with E-state index in [1.165, 1.54) is 0 Å². The SMILES string of the molecule is COc1ccc(OC)c([C@H](N)CN)c1OC. The highest BCUT2D eigenvalue weighted by molar-refractivity contribution is 5.55. The van der Waals surface area contributed by atoms with Crippen molar-refractivity contribution in [2.75, 3.05) is 27.9 Å². The fraction of sp³-hybridized carbons (Fsp3) is 0.455. The Kier molecular flexibility index (Phi) is 4.39. The molecule has 1 atom stereocenters. The van der Waals surface area contributed by atoms with Crippen molar-refractivity contribution in [2.45, 2.75) is 6.04 Å². The number of nitrogens with two attached hydrogens (primary N) is 2. The van der Waals surface area contributed by atoms with Crippen LogP contribution in [-0.2, 0) is 0 Å². The van der Waals surface area contributed by atoms with Crippen molar-refractivity contribution in [3.63, 3.8) is 0 Å². The number of ether oxygens (including phenoxy) is 3. The number of hydrogen-bond donors (Lipinski definition) is 2. The monoisotopic (exact) mass is 226 g/mol. The molecule has 0 radical (unpaired) electrons. The highest BCUT2D eigenvalue weighted by atomic mass is 16.5. The third kappa shape index (κ3) is 2.20. The van der Waals surface area contributed by atoms with Crippen LogP contribution < -0.4 is 25.7 Å². The first-order chi connectivity index (χ1) is 7.69. The van der Waals surface area contributed by atoms with Gasteiger partial charge >= 0.3 is 0 Å². The van der Waals surface area contributed by atoms with E-state index in [-0.39, 0.29) is 6.04 Å². The van der Waals surface area contributed by atoms with Crippen LogP contribution in [0, 0.1) is 0 Å². The molecule has 0 saturated heterocycles. The van der Waals surface area contributed by atoms with Crippen molar-refractivity contribution < 1.29 is 14.2 Å². The summed E-state index contributed by atoms with van der Waals surface area (Å²) in [4.78, 5) is 0. The van der Waals surface area contributed by atoms with Gasteiger partial charge in [0.2, 0.25) is 0 Å². The second-order valence-electron chi connectivity index (χ2n) is 3.26. The van der Waals surface area contributed by atoms with E-state index >= 15 is 0 Å². The summed E-state index contributed by atoms with van der Waals surface area (Å²) in [7, 11) is 4.71. The van der Waals surface area contributed by atoms with Gasteiger partial charge in [0.25, 0.3) is 0 Å². The average Bonchev–Trinajstić information content (AvgIpc) is 2.35. The Morgan fingerprint density at radius 1 is 1.06 bits per heavy atom. The van der Waals surface area contributed by atoms with E-state index in [1.54, 1.807) is 33.5 Å². The van der Waals surface area contributed by atoms with Gasteiger partial charge in [0, 0.05) is 12.6 Å². The minimum atomic E-state index is -0.347. The fourth-order valence-electron chi connectivity index (χ4n) is 1.58. The van der Waals surface area contributed by atoms with Crippen LogP contribution in [-0.4, -0.2) is 27.9 Å². The smallest absolute Gasteiger partial charge is 0.169 e. The van der Waals surface area contributed by atoms with Crippen molar-refractivity contribution in [3.8, 4) is 17.2 Å². The molecule has 5 nitrogen and oxygen atoms in total. The largest absolute Gasteiger partial charge is 0.496 e. The second kappa shape index (κ2) is 5.58. The third-order valence-electron chi connectivity index (χ3n) is 2.39. The van der Waals surface area contributed by atoms with Gasteiger partial charge in [-0.1, -0.05) is 0 Å². The highest BCUT2D eigenvalue weighted by Gasteiger charge is 2.20. The number of benzene rings is 1. The van der Waals surface area contributed by atoms with Crippen LogP contribution in [0.2, 0.25) is 0 Å². The van der Waals surface area contributed by atoms with Crippen LogP contribution in [0.1, 0.15) is 11.6 Å². The first kappa shape index (κ1) is 12.6. The first-order valence-electron chi connectivity index (χ1n) is 4.94. The Hall–Kier alpha value is -1.46. The van der Waals surface area contributed by atoms with E-state index in [0.29, 0.717) is 23.8 Å². The molecule has 16 heavy (non-hydrogen) atoms. The van der Waals surface area contributed by atoms with E-state index in [1.807, 2.05) is 0 Å². The lowest BCUT2D eigenvalue weighted by atomic mass is 10.0. The maximum atomic E-state index is 5.93. The molecular weight excluding hydrogens is 208 g/mol. The molecule has 4 N–H and O–H groups in total. The lowest BCUT2D eigenvalue weighted by Gasteiger charge is -2.19. The molecule has 1 rings (SSSR count). The average molecular weight is 226 g/mol. The normalized spacial score (nSPS) is 12.1. The van der Waals surface area contributed by atoms with Gasteiger partial charge in [-0.3, -0.25) is 0 Å². The molecule has 0 aliphatic heterocycles. The Labute approximate surface area is 95.3 Å². The van der Waals surface area contributed by atoms with Gasteiger partial charge in [0.15, 0.2) is 11.5 Å². The molecule has 0 saturated carbocycles. The first-order valence-corrected chi connectivity index (χ1v) is 4.94. The summed E-state index contributed by atoms with van der Waals surface area (Å²) in [6.07, 6.45) is 0. The summed E-state index contributed by atoms with van der Waals surface area (Å²) < 4.78 is 15.7. The van der Waals surface area contributed by atoms with E-state index < -0.39 is 0 Å². The Morgan fingerprint density at radius 3 is 2.06 bits per heavy atom. The molecule has 0 spiro atoms. The van der Waals surface area contributed by atoms with Crippen molar-refractivity contribution in [2.24, 2.45) is 11.5 Å². The van der Waals surface area contributed by atoms with E-state index in [2.05, 4.69) is 0 Å². The topological polar surface area (TPSA) is 79.7 Å².